The smallest absolute Gasteiger partial charge is 0.134 e. The van der Waals surface area contributed by atoms with Gasteiger partial charge in [-0.05, 0) is 18.3 Å². The zero-order chi connectivity index (χ0) is 13.9. The molecule has 0 unspecified atom stereocenters. The molecule has 2 rings (SSSR count). The van der Waals surface area contributed by atoms with E-state index >= 15 is 0 Å². The SMILES string of the molecule is CC(C)(C)CNc1cc(N2CCC(N)CC2)ncn1. The molecule has 0 radical (unpaired) electrons. The van der Waals surface area contributed by atoms with Gasteiger partial charge in [-0.25, -0.2) is 9.97 Å². The quantitative estimate of drug-likeness (QED) is 0.871. The van der Waals surface area contributed by atoms with E-state index in [1.165, 1.54) is 0 Å². The molecule has 1 aliphatic rings. The number of anilines is 2. The van der Waals surface area contributed by atoms with Crippen LogP contribution in [0.25, 0.3) is 0 Å². The lowest BCUT2D eigenvalue weighted by molar-refractivity contribution is 0.442. The number of aromatic nitrogens is 2. The fourth-order valence-electron chi connectivity index (χ4n) is 2.10. The van der Waals surface area contributed by atoms with E-state index in [1.807, 2.05) is 6.07 Å². The second-order valence-electron chi connectivity index (χ2n) is 6.50. The number of nitrogens with two attached hydrogens (primary N) is 1. The van der Waals surface area contributed by atoms with Crippen molar-refractivity contribution in [3.8, 4) is 0 Å². The van der Waals surface area contributed by atoms with Gasteiger partial charge in [0.15, 0.2) is 0 Å². The summed E-state index contributed by atoms with van der Waals surface area (Å²) in [5.74, 6) is 1.90. The molecule has 5 heteroatoms. The molecule has 106 valence electrons. The lowest BCUT2D eigenvalue weighted by Crippen LogP contribution is -2.40. The Morgan fingerprint density at radius 3 is 2.63 bits per heavy atom. The first-order valence-corrected chi connectivity index (χ1v) is 7.00. The summed E-state index contributed by atoms with van der Waals surface area (Å²) in [5.41, 5.74) is 6.17. The Kier molecular flexibility index (Phi) is 4.24. The molecule has 0 aromatic carbocycles. The van der Waals surface area contributed by atoms with Crippen molar-refractivity contribution in [2.24, 2.45) is 11.1 Å². The van der Waals surface area contributed by atoms with Crippen molar-refractivity contribution in [2.45, 2.75) is 39.7 Å². The van der Waals surface area contributed by atoms with Crippen LogP contribution >= 0.6 is 0 Å². The molecule has 0 atom stereocenters. The van der Waals surface area contributed by atoms with Gasteiger partial charge in [0.2, 0.25) is 0 Å². The molecule has 0 aliphatic carbocycles. The highest BCUT2D eigenvalue weighted by Gasteiger charge is 2.18. The van der Waals surface area contributed by atoms with Crippen LogP contribution in [0.2, 0.25) is 0 Å². The highest BCUT2D eigenvalue weighted by Crippen LogP contribution is 2.20. The van der Waals surface area contributed by atoms with Gasteiger partial charge in [0.1, 0.15) is 18.0 Å². The number of hydrogen-bond donors (Lipinski definition) is 2. The zero-order valence-corrected chi connectivity index (χ0v) is 12.2. The van der Waals surface area contributed by atoms with Crippen LogP contribution in [0.1, 0.15) is 33.6 Å². The van der Waals surface area contributed by atoms with Gasteiger partial charge in [-0.3, -0.25) is 0 Å². The summed E-state index contributed by atoms with van der Waals surface area (Å²) in [6, 6.07) is 2.37. The summed E-state index contributed by atoms with van der Waals surface area (Å²) in [6.45, 7) is 9.47. The fraction of sp³-hybridized carbons (Fsp3) is 0.714. The fourth-order valence-corrected chi connectivity index (χ4v) is 2.10. The third-order valence-electron chi connectivity index (χ3n) is 3.32. The Morgan fingerprint density at radius 1 is 1.32 bits per heavy atom. The van der Waals surface area contributed by atoms with Gasteiger partial charge < -0.3 is 16.0 Å². The van der Waals surface area contributed by atoms with Gasteiger partial charge in [-0.15, -0.1) is 0 Å². The maximum absolute atomic E-state index is 5.93. The molecule has 0 bridgehead atoms. The zero-order valence-electron chi connectivity index (χ0n) is 12.2. The van der Waals surface area contributed by atoms with Crippen LogP contribution in [0.15, 0.2) is 12.4 Å². The molecule has 0 spiro atoms. The van der Waals surface area contributed by atoms with Crippen LogP contribution in [-0.4, -0.2) is 35.6 Å². The van der Waals surface area contributed by atoms with Crippen LogP contribution in [0.3, 0.4) is 0 Å². The molecular weight excluding hydrogens is 238 g/mol. The summed E-state index contributed by atoms with van der Waals surface area (Å²) in [7, 11) is 0. The second-order valence-corrected chi connectivity index (χ2v) is 6.50. The number of nitrogens with one attached hydrogen (secondary N) is 1. The van der Waals surface area contributed by atoms with Crippen molar-refractivity contribution in [1.82, 2.24) is 9.97 Å². The highest BCUT2D eigenvalue weighted by molar-refractivity contribution is 5.48. The van der Waals surface area contributed by atoms with Gasteiger partial charge in [-0.1, -0.05) is 20.8 Å². The Hall–Kier alpha value is -1.36. The molecule has 19 heavy (non-hydrogen) atoms. The third-order valence-corrected chi connectivity index (χ3v) is 3.32. The van der Waals surface area contributed by atoms with Crippen LogP contribution in [0.5, 0.6) is 0 Å². The van der Waals surface area contributed by atoms with Crippen LogP contribution in [0.4, 0.5) is 11.6 Å². The number of nitrogens with zero attached hydrogens (tertiary/aromatic N) is 3. The van der Waals surface area contributed by atoms with Crippen molar-refractivity contribution in [3.63, 3.8) is 0 Å². The average Bonchev–Trinajstić information content (AvgIpc) is 2.37. The van der Waals surface area contributed by atoms with E-state index in [1.54, 1.807) is 6.33 Å². The van der Waals surface area contributed by atoms with E-state index in [4.69, 9.17) is 5.73 Å². The molecule has 0 amide bonds. The van der Waals surface area contributed by atoms with Crippen molar-refractivity contribution in [2.75, 3.05) is 29.9 Å². The van der Waals surface area contributed by atoms with E-state index in [0.717, 1.165) is 44.1 Å². The summed E-state index contributed by atoms with van der Waals surface area (Å²) >= 11 is 0. The Morgan fingerprint density at radius 2 is 2.00 bits per heavy atom. The molecule has 5 nitrogen and oxygen atoms in total. The van der Waals surface area contributed by atoms with Gasteiger partial charge in [0, 0.05) is 31.7 Å². The Bertz CT molecular complexity index is 405. The minimum atomic E-state index is 0.239. The standard InChI is InChI=1S/C14H25N5/c1-14(2,3)9-16-12-8-13(18-10-17-12)19-6-4-11(15)5-7-19/h8,10-11H,4-7,9,15H2,1-3H3,(H,16,17,18). The molecule has 1 saturated heterocycles. The van der Waals surface area contributed by atoms with E-state index in [0.29, 0.717) is 6.04 Å². The maximum atomic E-state index is 5.93. The summed E-state index contributed by atoms with van der Waals surface area (Å²) in [4.78, 5) is 10.9. The summed E-state index contributed by atoms with van der Waals surface area (Å²) < 4.78 is 0. The number of rotatable bonds is 3. The van der Waals surface area contributed by atoms with Crippen LogP contribution in [-0.2, 0) is 0 Å². The van der Waals surface area contributed by atoms with E-state index in [-0.39, 0.29) is 5.41 Å². The topological polar surface area (TPSA) is 67.1 Å². The normalized spacial score (nSPS) is 17.6. The molecule has 0 saturated carbocycles. The molecule has 1 aromatic heterocycles. The average molecular weight is 263 g/mol. The minimum Gasteiger partial charge on any atom is -0.369 e. The van der Waals surface area contributed by atoms with E-state index < -0.39 is 0 Å². The van der Waals surface area contributed by atoms with Crippen LogP contribution in [0, 0.1) is 5.41 Å². The Labute approximate surface area is 115 Å². The van der Waals surface area contributed by atoms with Gasteiger partial charge in [0.05, 0.1) is 0 Å². The molecule has 3 N–H and O–H groups in total. The summed E-state index contributed by atoms with van der Waals surface area (Å²) in [5, 5.41) is 3.37. The first-order chi connectivity index (χ1) is 8.94. The van der Waals surface area contributed by atoms with Crippen LogP contribution < -0.4 is 16.0 Å². The molecular formula is C14H25N5. The summed E-state index contributed by atoms with van der Waals surface area (Å²) in [6.07, 6.45) is 3.71. The predicted octanol–water partition coefficient (Wildman–Crippen LogP) is 1.86. The molecule has 1 fully saturated rings. The highest BCUT2D eigenvalue weighted by atomic mass is 15.2. The molecule has 2 heterocycles. The van der Waals surface area contributed by atoms with Crippen molar-refractivity contribution in [3.05, 3.63) is 12.4 Å². The molecule has 1 aliphatic heterocycles. The third kappa shape index (κ3) is 4.35. The second kappa shape index (κ2) is 5.74. The van der Waals surface area contributed by atoms with Crippen molar-refractivity contribution < 1.29 is 0 Å². The monoisotopic (exact) mass is 263 g/mol. The van der Waals surface area contributed by atoms with Crippen molar-refractivity contribution in [1.29, 1.82) is 0 Å². The first-order valence-electron chi connectivity index (χ1n) is 7.00. The van der Waals surface area contributed by atoms with Crippen molar-refractivity contribution >= 4 is 11.6 Å². The van der Waals surface area contributed by atoms with Gasteiger partial charge >= 0.3 is 0 Å². The number of hydrogen-bond acceptors (Lipinski definition) is 5. The van der Waals surface area contributed by atoms with E-state index in [9.17, 15) is 0 Å². The Balaban J connectivity index is 1.99. The minimum absolute atomic E-state index is 0.239. The predicted molar refractivity (Wildman–Crippen MR) is 79.4 cm³/mol. The number of piperidine rings is 1. The van der Waals surface area contributed by atoms with Gasteiger partial charge in [0.25, 0.3) is 0 Å². The molecule has 1 aromatic rings. The largest absolute Gasteiger partial charge is 0.369 e. The lowest BCUT2D eigenvalue weighted by atomic mass is 9.97. The maximum Gasteiger partial charge on any atom is 0.134 e. The first kappa shape index (κ1) is 14.1. The van der Waals surface area contributed by atoms with Gasteiger partial charge in [-0.2, -0.15) is 0 Å². The van der Waals surface area contributed by atoms with E-state index in [2.05, 4.69) is 41.0 Å². The lowest BCUT2D eigenvalue weighted by Gasteiger charge is -2.31.